The third-order valence-corrected chi connectivity index (χ3v) is 7.42. The van der Waals surface area contributed by atoms with Gasteiger partial charge in [-0.15, -0.1) is 0 Å². The maximum absolute atomic E-state index is 13.3. The van der Waals surface area contributed by atoms with E-state index in [-0.39, 0.29) is 5.78 Å². The van der Waals surface area contributed by atoms with Crippen LogP contribution in [0.2, 0.25) is 0 Å². The number of allylic oxidation sites excluding steroid dienone is 6. The molecule has 176 valence electrons. The molecule has 1 unspecified atom stereocenters. The van der Waals surface area contributed by atoms with E-state index in [2.05, 4.69) is 18.5 Å². The molecule has 1 saturated heterocycles. The second kappa shape index (κ2) is 12.3. The van der Waals surface area contributed by atoms with E-state index in [1.807, 2.05) is 53.7 Å². The van der Waals surface area contributed by atoms with Crippen molar-refractivity contribution in [3.63, 3.8) is 0 Å². The molecule has 0 aromatic carbocycles. The highest BCUT2D eigenvalue weighted by Crippen LogP contribution is 2.33. The molecule has 0 saturated carbocycles. The molecule has 0 spiro atoms. The lowest BCUT2D eigenvalue weighted by atomic mass is 9.84. The molecule has 2 rings (SSSR count). The lowest BCUT2D eigenvalue weighted by Gasteiger charge is -2.35. The summed E-state index contributed by atoms with van der Waals surface area (Å²) in [5.74, 6) is -0.232. The maximum atomic E-state index is 13.3. The van der Waals surface area contributed by atoms with Gasteiger partial charge in [0.25, 0.3) is 0 Å². The van der Waals surface area contributed by atoms with E-state index in [0.29, 0.717) is 42.9 Å². The molecular weight excluding hydrogens is 408 g/mol. The first kappa shape index (κ1) is 29.2. The Morgan fingerprint density at radius 2 is 1.52 bits per heavy atom. The van der Waals surface area contributed by atoms with Crippen LogP contribution in [-0.2, 0) is 14.8 Å². The van der Waals surface area contributed by atoms with E-state index in [9.17, 15) is 13.2 Å². The number of rotatable bonds is 5. The summed E-state index contributed by atoms with van der Waals surface area (Å²) < 4.78 is 26.9. The number of nitrogens with zero attached hydrogens (tertiary/aromatic N) is 1. The predicted octanol–water partition coefficient (Wildman–Crippen LogP) is 4.81. The van der Waals surface area contributed by atoms with E-state index in [1.165, 1.54) is 4.31 Å². The van der Waals surface area contributed by atoms with E-state index in [0.717, 1.165) is 0 Å². The normalized spacial score (nSPS) is 26.8. The van der Waals surface area contributed by atoms with Crippen LogP contribution in [0.4, 0.5) is 0 Å². The summed E-state index contributed by atoms with van der Waals surface area (Å²) in [5, 5.41) is 3.17. The van der Waals surface area contributed by atoms with Crippen molar-refractivity contribution in [3.05, 3.63) is 60.3 Å². The number of piperazine rings is 1. The van der Waals surface area contributed by atoms with Crippen molar-refractivity contribution in [2.24, 2.45) is 5.41 Å². The van der Waals surface area contributed by atoms with Crippen LogP contribution in [-0.4, -0.2) is 49.4 Å². The molecule has 1 heterocycles. The van der Waals surface area contributed by atoms with Gasteiger partial charge in [0, 0.05) is 42.7 Å². The van der Waals surface area contributed by atoms with Gasteiger partial charge in [-0.2, -0.15) is 4.31 Å². The number of Topliss-reactive ketones (excluding diaryl/α,β-unsaturated/α-hetero) is 1. The van der Waals surface area contributed by atoms with Gasteiger partial charge in [0.15, 0.2) is 5.78 Å². The highest BCUT2D eigenvalue weighted by molar-refractivity contribution is 7.90. The monoisotopic (exact) mass is 450 g/mol. The average molecular weight is 451 g/mol. The zero-order valence-electron chi connectivity index (χ0n) is 20.7. The van der Waals surface area contributed by atoms with Crippen molar-refractivity contribution < 1.29 is 13.2 Å². The fraction of sp³-hybridized carbons (Fsp3) is 0.560. The van der Waals surface area contributed by atoms with E-state index in [1.54, 1.807) is 32.1 Å². The Balaban J connectivity index is 0.00000212. The summed E-state index contributed by atoms with van der Waals surface area (Å²) >= 11 is 0. The third-order valence-electron chi connectivity index (χ3n) is 4.99. The van der Waals surface area contributed by atoms with Crippen LogP contribution >= 0.6 is 0 Å². The van der Waals surface area contributed by atoms with Gasteiger partial charge in [0.2, 0.25) is 10.0 Å². The van der Waals surface area contributed by atoms with Gasteiger partial charge in [0.1, 0.15) is 4.75 Å². The second-order valence-corrected chi connectivity index (χ2v) is 10.4. The van der Waals surface area contributed by atoms with Gasteiger partial charge in [-0.1, -0.05) is 85.1 Å². The topological polar surface area (TPSA) is 66.5 Å². The summed E-state index contributed by atoms with van der Waals surface area (Å²) in [4.78, 5) is 12.8. The minimum Gasteiger partial charge on any atom is -0.314 e. The molecule has 2 aliphatic rings. The van der Waals surface area contributed by atoms with E-state index < -0.39 is 20.2 Å². The summed E-state index contributed by atoms with van der Waals surface area (Å²) in [6.07, 6.45) is 8.64. The largest absolute Gasteiger partial charge is 0.314 e. The van der Waals surface area contributed by atoms with Gasteiger partial charge in [-0.3, -0.25) is 4.79 Å². The molecule has 1 atom stereocenters. The summed E-state index contributed by atoms with van der Waals surface area (Å²) in [7, 11) is -3.62. The summed E-state index contributed by atoms with van der Waals surface area (Å²) in [5.41, 5.74) is 0.878. The Labute approximate surface area is 190 Å². The van der Waals surface area contributed by atoms with E-state index >= 15 is 0 Å². The predicted molar refractivity (Wildman–Crippen MR) is 134 cm³/mol. The van der Waals surface area contributed by atoms with Crippen LogP contribution < -0.4 is 5.32 Å². The first-order valence-electron chi connectivity index (χ1n) is 11.1. The SMILES string of the molecule is C=C(C)C(=C)C(=O)C1=C/C(C)(C)/C=C\C(C)(S(=O)(=O)N2CCNCC2)/C=C\1.CC.CC. The van der Waals surface area contributed by atoms with Crippen LogP contribution in [0.15, 0.2) is 60.3 Å². The number of carbonyl (C=O) groups is 1. The minimum absolute atomic E-state index is 0.232. The fourth-order valence-corrected chi connectivity index (χ4v) is 4.73. The Bertz CT molecular complexity index is 842. The fourth-order valence-electron chi connectivity index (χ4n) is 3.03. The van der Waals surface area contributed by atoms with E-state index in [4.69, 9.17) is 0 Å². The van der Waals surface area contributed by atoms with Crippen molar-refractivity contribution in [3.8, 4) is 0 Å². The number of hydrogen-bond donors (Lipinski definition) is 1. The quantitative estimate of drug-likeness (QED) is 0.371. The van der Waals surface area contributed by atoms with Crippen molar-refractivity contribution in [1.29, 1.82) is 0 Å². The number of sulfonamides is 1. The maximum Gasteiger partial charge on any atom is 0.226 e. The summed E-state index contributed by atoms with van der Waals surface area (Å²) in [6, 6.07) is 0. The number of hydrogen-bond acceptors (Lipinski definition) is 4. The lowest BCUT2D eigenvalue weighted by Crippen LogP contribution is -2.52. The van der Waals surface area contributed by atoms with Crippen LogP contribution in [0, 0.1) is 5.41 Å². The first-order chi connectivity index (χ1) is 14.4. The summed E-state index contributed by atoms with van der Waals surface area (Å²) in [6.45, 7) is 25.0. The van der Waals surface area contributed by atoms with Crippen molar-refractivity contribution in [2.75, 3.05) is 26.2 Å². The number of nitrogens with one attached hydrogen (secondary N) is 1. The van der Waals surface area contributed by atoms with Crippen LogP contribution in [0.1, 0.15) is 55.4 Å². The third kappa shape index (κ3) is 7.41. The van der Waals surface area contributed by atoms with Gasteiger partial charge < -0.3 is 5.32 Å². The number of carbonyl (C=O) groups excluding carboxylic acids is 1. The molecule has 6 heteroatoms. The Morgan fingerprint density at radius 1 is 1.00 bits per heavy atom. The highest BCUT2D eigenvalue weighted by Gasteiger charge is 2.40. The van der Waals surface area contributed by atoms with Gasteiger partial charge in [-0.25, -0.2) is 8.42 Å². The second-order valence-electron chi connectivity index (χ2n) is 8.01. The van der Waals surface area contributed by atoms with Crippen molar-refractivity contribution in [1.82, 2.24) is 9.62 Å². The Morgan fingerprint density at radius 3 is 2.00 bits per heavy atom. The van der Waals surface area contributed by atoms with Crippen molar-refractivity contribution >= 4 is 15.8 Å². The molecule has 0 aromatic rings. The van der Waals surface area contributed by atoms with Gasteiger partial charge >= 0.3 is 0 Å². The molecule has 1 aliphatic heterocycles. The smallest absolute Gasteiger partial charge is 0.226 e. The zero-order valence-corrected chi connectivity index (χ0v) is 21.5. The van der Waals surface area contributed by atoms with Crippen LogP contribution in [0.3, 0.4) is 0 Å². The molecule has 1 fully saturated rings. The average Bonchev–Trinajstić information content (AvgIpc) is 2.76. The lowest BCUT2D eigenvalue weighted by molar-refractivity contribution is -0.111. The van der Waals surface area contributed by atoms with Gasteiger partial charge in [-0.05, 0) is 19.4 Å². The number of ketones is 1. The molecule has 1 N–H and O–H groups in total. The molecule has 0 bridgehead atoms. The Hall–Kier alpha value is -1.76. The van der Waals surface area contributed by atoms with Crippen molar-refractivity contribution in [2.45, 2.75) is 60.1 Å². The molecule has 31 heavy (non-hydrogen) atoms. The standard InChI is InChI=1S/C21H30N2O3S.2C2H6/c1-16(2)17(3)19(24)18-7-8-21(6,10-9-20(4,5)15-18)27(25,26)23-13-11-22-12-14-23;2*1-2/h7-10,15,22H,1,3,11-14H2,2,4-6H3;2*1-2H3/b8-7-,10-9-,18-15+;;. The van der Waals surface area contributed by atoms with Gasteiger partial charge in [0.05, 0.1) is 0 Å². The highest BCUT2D eigenvalue weighted by atomic mass is 32.2. The van der Waals surface area contributed by atoms with Crippen LogP contribution in [0.5, 0.6) is 0 Å². The van der Waals surface area contributed by atoms with Crippen LogP contribution in [0.25, 0.3) is 0 Å². The molecule has 0 radical (unpaired) electrons. The molecular formula is C25H42N2O3S. The zero-order chi connectivity index (χ0) is 24.5. The molecule has 1 aliphatic carbocycles. The molecule has 5 nitrogen and oxygen atoms in total. The minimum atomic E-state index is -3.62. The Kier molecular flexibility index (Phi) is 11.6. The molecule has 0 amide bonds. The first-order valence-corrected chi connectivity index (χ1v) is 12.6. The molecule has 0 aromatic heterocycles.